The number of nitrogens with one attached hydrogen (secondary N) is 1. The molecule has 1 N–H and O–H groups in total. The van der Waals surface area contributed by atoms with Crippen molar-refractivity contribution < 1.29 is 9.21 Å². The van der Waals surface area contributed by atoms with E-state index in [9.17, 15) is 4.79 Å². The fourth-order valence-electron chi connectivity index (χ4n) is 3.16. The number of urea groups is 1. The van der Waals surface area contributed by atoms with Gasteiger partial charge in [-0.2, -0.15) is 0 Å². The van der Waals surface area contributed by atoms with Crippen LogP contribution in [0.25, 0.3) is 0 Å². The number of nitrogens with zero attached hydrogens (tertiary/aromatic N) is 1. The largest absolute Gasteiger partial charge is 0.467 e. The topological polar surface area (TPSA) is 45.5 Å². The Hall–Kier alpha value is -1.75. The molecule has 2 aromatic heterocycles. The van der Waals surface area contributed by atoms with Crippen LogP contribution in [0.2, 0.25) is 0 Å². The van der Waals surface area contributed by atoms with Gasteiger partial charge in [0, 0.05) is 10.9 Å². The Kier molecular flexibility index (Phi) is 5.39. The first-order chi connectivity index (χ1) is 11.2. The van der Waals surface area contributed by atoms with Crippen LogP contribution in [0.1, 0.15) is 43.2 Å². The highest BCUT2D eigenvalue weighted by Gasteiger charge is 2.25. The summed E-state index contributed by atoms with van der Waals surface area (Å²) in [7, 11) is 0. The number of amides is 2. The third-order valence-electron chi connectivity index (χ3n) is 4.56. The number of thiophene rings is 1. The van der Waals surface area contributed by atoms with Crippen LogP contribution >= 0.6 is 11.3 Å². The van der Waals surface area contributed by atoms with E-state index in [1.807, 2.05) is 28.5 Å². The summed E-state index contributed by atoms with van der Waals surface area (Å²) < 4.78 is 5.43. The van der Waals surface area contributed by atoms with Gasteiger partial charge in [-0.25, -0.2) is 4.79 Å². The first-order valence-electron chi connectivity index (χ1n) is 8.32. The lowest BCUT2D eigenvalue weighted by Gasteiger charge is -2.32. The highest BCUT2D eigenvalue weighted by Crippen LogP contribution is 2.24. The zero-order chi connectivity index (χ0) is 16.1. The van der Waals surface area contributed by atoms with Gasteiger partial charge in [0.25, 0.3) is 0 Å². The van der Waals surface area contributed by atoms with Crippen molar-refractivity contribution in [3.63, 3.8) is 0 Å². The zero-order valence-electron chi connectivity index (χ0n) is 13.5. The highest BCUT2D eigenvalue weighted by molar-refractivity contribution is 7.09. The van der Waals surface area contributed by atoms with Crippen molar-refractivity contribution >= 4 is 17.4 Å². The van der Waals surface area contributed by atoms with Crippen LogP contribution < -0.4 is 5.32 Å². The van der Waals surface area contributed by atoms with Crippen LogP contribution in [0.15, 0.2) is 40.3 Å². The summed E-state index contributed by atoms with van der Waals surface area (Å²) in [5.74, 6) is 1.37. The van der Waals surface area contributed by atoms with Gasteiger partial charge >= 0.3 is 6.03 Å². The maximum atomic E-state index is 12.8. The molecule has 0 bridgehead atoms. The summed E-state index contributed by atoms with van der Waals surface area (Å²) in [6.45, 7) is 3.35. The Balaban J connectivity index is 1.67. The number of hydrogen-bond donors (Lipinski definition) is 1. The molecule has 1 saturated carbocycles. The Morgan fingerprint density at radius 2 is 2.17 bits per heavy atom. The highest BCUT2D eigenvalue weighted by atomic mass is 32.1. The van der Waals surface area contributed by atoms with E-state index in [-0.39, 0.29) is 6.03 Å². The zero-order valence-corrected chi connectivity index (χ0v) is 14.3. The second-order valence-electron chi connectivity index (χ2n) is 6.33. The summed E-state index contributed by atoms with van der Waals surface area (Å²) in [6, 6.07) is 8.16. The summed E-state index contributed by atoms with van der Waals surface area (Å²) in [6.07, 6.45) is 6.42. The van der Waals surface area contributed by atoms with Gasteiger partial charge in [0.1, 0.15) is 5.76 Å². The standard InChI is InChI=1S/C18H24N2O2S/c1-14-6-2-3-9-17(14)19-18(21)20(12-15-7-4-10-22-15)13-16-8-5-11-23-16/h4-5,7-8,10-11,14,17H,2-3,6,9,12-13H2,1H3,(H,19,21). The number of hydrogen-bond acceptors (Lipinski definition) is 3. The van der Waals surface area contributed by atoms with Crippen molar-refractivity contribution in [2.75, 3.05) is 0 Å². The molecule has 2 heterocycles. The van der Waals surface area contributed by atoms with Crippen LogP contribution in [0.5, 0.6) is 0 Å². The lowest BCUT2D eigenvalue weighted by atomic mass is 9.86. The predicted octanol–water partition coefficient (Wildman–Crippen LogP) is 4.63. The normalized spacial score (nSPS) is 21.1. The number of furan rings is 1. The molecule has 0 aliphatic heterocycles. The predicted molar refractivity (Wildman–Crippen MR) is 92.2 cm³/mol. The molecular weight excluding hydrogens is 308 g/mol. The molecule has 0 spiro atoms. The van der Waals surface area contributed by atoms with Gasteiger partial charge in [-0.15, -0.1) is 11.3 Å². The van der Waals surface area contributed by atoms with Crippen molar-refractivity contribution in [1.82, 2.24) is 10.2 Å². The van der Waals surface area contributed by atoms with Gasteiger partial charge in [0.15, 0.2) is 0 Å². The Bertz CT molecular complexity index is 558. The Morgan fingerprint density at radius 3 is 2.87 bits per heavy atom. The number of carbonyl (C=O) groups is 1. The van der Waals surface area contributed by atoms with Crippen molar-refractivity contribution in [1.29, 1.82) is 0 Å². The molecule has 0 aromatic carbocycles. The molecule has 2 atom stereocenters. The van der Waals surface area contributed by atoms with Gasteiger partial charge in [-0.05, 0) is 42.3 Å². The minimum atomic E-state index is 0.00792. The van der Waals surface area contributed by atoms with Gasteiger partial charge in [-0.3, -0.25) is 0 Å². The van der Waals surface area contributed by atoms with E-state index in [1.165, 1.54) is 24.1 Å². The molecule has 23 heavy (non-hydrogen) atoms. The van der Waals surface area contributed by atoms with Gasteiger partial charge in [0.2, 0.25) is 0 Å². The van der Waals surface area contributed by atoms with E-state index in [0.29, 0.717) is 25.0 Å². The summed E-state index contributed by atoms with van der Waals surface area (Å²) in [4.78, 5) is 15.8. The minimum absolute atomic E-state index is 0.00792. The Labute approximate surface area is 141 Å². The molecular formula is C18H24N2O2S. The number of rotatable bonds is 5. The van der Waals surface area contributed by atoms with Crippen molar-refractivity contribution in [2.45, 2.75) is 51.7 Å². The van der Waals surface area contributed by atoms with E-state index in [2.05, 4.69) is 18.3 Å². The van der Waals surface area contributed by atoms with E-state index >= 15 is 0 Å². The molecule has 2 amide bonds. The smallest absolute Gasteiger partial charge is 0.318 e. The molecule has 0 saturated heterocycles. The summed E-state index contributed by atoms with van der Waals surface area (Å²) in [5, 5.41) is 5.29. The van der Waals surface area contributed by atoms with Crippen molar-refractivity contribution in [3.05, 3.63) is 46.5 Å². The van der Waals surface area contributed by atoms with E-state index in [0.717, 1.165) is 12.2 Å². The second kappa shape index (κ2) is 7.68. The molecule has 2 aromatic rings. The summed E-state index contributed by atoms with van der Waals surface area (Å²) >= 11 is 1.68. The minimum Gasteiger partial charge on any atom is -0.467 e. The third kappa shape index (κ3) is 4.38. The van der Waals surface area contributed by atoms with Crippen molar-refractivity contribution in [2.24, 2.45) is 5.92 Å². The average Bonchev–Trinajstić information content (AvgIpc) is 3.22. The monoisotopic (exact) mass is 332 g/mol. The van der Waals surface area contributed by atoms with Gasteiger partial charge in [-0.1, -0.05) is 25.8 Å². The van der Waals surface area contributed by atoms with Crippen LogP contribution in [0.4, 0.5) is 4.79 Å². The second-order valence-corrected chi connectivity index (χ2v) is 7.36. The molecule has 5 heteroatoms. The first kappa shape index (κ1) is 16.1. The van der Waals surface area contributed by atoms with E-state index in [1.54, 1.807) is 17.6 Å². The third-order valence-corrected chi connectivity index (χ3v) is 5.42. The fraction of sp³-hybridized carbons (Fsp3) is 0.500. The maximum Gasteiger partial charge on any atom is 0.318 e. The molecule has 1 aliphatic rings. The van der Waals surface area contributed by atoms with Crippen molar-refractivity contribution in [3.8, 4) is 0 Å². The van der Waals surface area contributed by atoms with Crippen LogP contribution in [-0.4, -0.2) is 17.0 Å². The lowest BCUT2D eigenvalue weighted by molar-refractivity contribution is 0.173. The van der Waals surface area contributed by atoms with E-state index < -0.39 is 0 Å². The van der Waals surface area contributed by atoms with Crippen LogP contribution in [0, 0.1) is 5.92 Å². The molecule has 1 aliphatic carbocycles. The summed E-state index contributed by atoms with van der Waals surface area (Å²) in [5.41, 5.74) is 0. The van der Waals surface area contributed by atoms with Crippen LogP contribution in [0.3, 0.4) is 0 Å². The maximum absolute atomic E-state index is 12.8. The first-order valence-corrected chi connectivity index (χ1v) is 9.20. The molecule has 124 valence electrons. The van der Waals surface area contributed by atoms with E-state index in [4.69, 9.17) is 4.42 Å². The molecule has 3 rings (SSSR count). The molecule has 0 radical (unpaired) electrons. The SMILES string of the molecule is CC1CCCCC1NC(=O)N(Cc1ccco1)Cc1cccs1. The molecule has 1 fully saturated rings. The molecule has 2 unspecified atom stereocenters. The Morgan fingerprint density at radius 1 is 1.30 bits per heavy atom. The lowest BCUT2D eigenvalue weighted by Crippen LogP contribution is -2.47. The molecule has 4 nitrogen and oxygen atoms in total. The van der Waals surface area contributed by atoms with Gasteiger partial charge < -0.3 is 14.6 Å². The number of carbonyl (C=O) groups excluding carboxylic acids is 1. The van der Waals surface area contributed by atoms with Gasteiger partial charge in [0.05, 0.1) is 19.4 Å². The fourth-order valence-corrected chi connectivity index (χ4v) is 3.88. The quantitative estimate of drug-likeness (QED) is 0.867. The van der Waals surface area contributed by atoms with Crippen LogP contribution in [-0.2, 0) is 13.1 Å². The average molecular weight is 332 g/mol.